The minimum absolute atomic E-state index is 0.119. The van der Waals surface area contributed by atoms with Crippen molar-refractivity contribution >= 4 is 11.6 Å². The van der Waals surface area contributed by atoms with Crippen molar-refractivity contribution in [1.29, 1.82) is 0 Å². The van der Waals surface area contributed by atoms with Gasteiger partial charge in [-0.3, -0.25) is 9.78 Å². The van der Waals surface area contributed by atoms with Gasteiger partial charge in [0.05, 0.1) is 11.6 Å². The first-order valence-electron chi connectivity index (χ1n) is 5.84. The Morgan fingerprint density at radius 2 is 2.17 bits per heavy atom. The summed E-state index contributed by atoms with van der Waals surface area (Å²) >= 11 is 5.80. The van der Waals surface area contributed by atoms with E-state index in [1.54, 1.807) is 12.3 Å². The van der Waals surface area contributed by atoms with Crippen LogP contribution >= 0.6 is 11.6 Å². The van der Waals surface area contributed by atoms with Crippen molar-refractivity contribution in [3.05, 3.63) is 46.4 Å². The van der Waals surface area contributed by atoms with Crippen LogP contribution in [0.1, 0.15) is 18.9 Å². The van der Waals surface area contributed by atoms with E-state index in [0.29, 0.717) is 17.8 Å². The molecule has 5 heteroatoms. The Labute approximate surface area is 110 Å². The van der Waals surface area contributed by atoms with Crippen molar-refractivity contribution in [3.8, 4) is 11.4 Å². The van der Waals surface area contributed by atoms with E-state index in [9.17, 15) is 4.79 Å². The molecule has 0 amide bonds. The van der Waals surface area contributed by atoms with Crippen LogP contribution in [-0.2, 0) is 12.4 Å². The third-order valence-electron chi connectivity index (χ3n) is 2.56. The van der Waals surface area contributed by atoms with Gasteiger partial charge in [0.15, 0.2) is 0 Å². The molecule has 0 saturated heterocycles. The highest BCUT2D eigenvalue weighted by atomic mass is 35.5. The van der Waals surface area contributed by atoms with Crippen molar-refractivity contribution in [2.24, 2.45) is 0 Å². The zero-order valence-corrected chi connectivity index (χ0v) is 10.9. The largest absolute Gasteiger partial charge is 0.271 e. The van der Waals surface area contributed by atoms with E-state index in [1.165, 1.54) is 4.68 Å². The van der Waals surface area contributed by atoms with Crippen LogP contribution in [0.5, 0.6) is 0 Å². The molecule has 0 aliphatic carbocycles. The normalized spacial score (nSPS) is 10.6. The molecule has 0 aliphatic rings. The van der Waals surface area contributed by atoms with Gasteiger partial charge in [-0.15, -0.1) is 11.6 Å². The number of pyridine rings is 1. The molecule has 0 bridgehead atoms. The Bertz CT molecular complexity index is 581. The molecular weight excluding hydrogens is 250 g/mol. The van der Waals surface area contributed by atoms with Crippen molar-refractivity contribution < 1.29 is 0 Å². The standard InChI is InChI=1S/C13H14ClN3O/c1-2-7-17-13(18)10(9-14)8-12(16-17)11-5-3-4-6-15-11/h3-6,8H,2,7,9H2,1H3. The van der Waals surface area contributed by atoms with Crippen molar-refractivity contribution in [2.45, 2.75) is 25.8 Å². The van der Waals surface area contributed by atoms with Gasteiger partial charge in [-0.05, 0) is 24.6 Å². The Kier molecular flexibility index (Phi) is 4.10. The van der Waals surface area contributed by atoms with Gasteiger partial charge in [-0.25, -0.2) is 4.68 Å². The molecule has 0 fully saturated rings. The van der Waals surface area contributed by atoms with Crippen molar-refractivity contribution in [1.82, 2.24) is 14.8 Å². The highest BCUT2D eigenvalue weighted by Gasteiger charge is 2.09. The zero-order valence-electron chi connectivity index (χ0n) is 10.1. The maximum absolute atomic E-state index is 12.0. The van der Waals surface area contributed by atoms with Gasteiger partial charge in [0.25, 0.3) is 5.56 Å². The molecule has 0 N–H and O–H groups in total. The molecule has 0 aromatic carbocycles. The molecule has 94 valence electrons. The Morgan fingerprint density at radius 3 is 2.78 bits per heavy atom. The fraction of sp³-hybridized carbons (Fsp3) is 0.308. The number of halogens is 1. The topological polar surface area (TPSA) is 47.8 Å². The number of rotatable bonds is 4. The van der Waals surface area contributed by atoms with E-state index in [2.05, 4.69) is 10.1 Å². The summed E-state index contributed by atoms with van der Waals surface area (Å²) in [5, 5.41) is 4.32. The summed E-state index contributed by atoms with van der Waals surface area (Å²) in [6.45, 7) is 2.59. The second-order valence-electron chi connectivity index (χ2n) is 3.93. The minimum atomic E-state index is -0.119. The van der Waals surface area contributed by atoms with Crippen LogP contribution in [0, 0.1) is 0 Å². The lowest BCUT2D eigenvalue weighted by molar-refractivity contribution is 0.566. The van der Waals surface area contributed by atoms with E-state index in [1.807, 2.05) is 25.1 Å². The van der Waals surface area contributed by atoms with Crippen LogP contribution in [0.15, 0.2) is 35.3 Å². The molecule has 0 saturated carbocycles. The molecule has 2 aromatic rings. The molecule has 2 aromatic heterocycles. The summed E-state index contributed by atoms with van der Waals surface area (Å²) in [6.07, 6.45) is 2.55. The maximum Gasteiger partial charge on any atom is 0.271 e. The number of aryl methyl sites for hydroxylation is 1. The van der Waals surface area contributed by atoms with Crippen molar-refractivity contribution in [2.75, 3.05) is 0 Å². The lowest BCUT2D eigenvalue weighted by Gasteiger charge is -2.08. The van der Waals surface area contributed by atoms with Crippen LogP contribution in [0.25, 0.3) is 11.4 Å². The number of aromatic nitrogens is 3. The third kappa shape index (κ3) is 2.59. The molecule has 2 rings (SSSR count). The van der Waals surface area contributed by atoms with Gasteiger partial charge >= 0.3 is 0 Å². The summed E-state index contributed by atoms with van der Waals surface area (Å²) < 4.78 is 1.46. The molecule has 0 aliphatic heterocycles. The quantitative estimate of drug-likeness (QED) is 0.796. The SMILES string of the molecule is CCCn1nc(-c2ccccn2)cc(CCl)c1=O. The van der Waals surface area contributed by atoms with Crippen LogP contribution in [0.4, 0.5) is 0 Å². The predicted molar refractivity (Wildman–Crippen MR) is 71.6 cm³/mol. The zero-order chi connectivity index (χ0) is 13.0. The van der Waals surface area contributed by atoms with Crippen LogP contribution < -0.4 is 5.56 Å². The Morgan fingerprint density at radius 1 is 1.33 bits per heavy atom. The summed E-state index contributed by atoms with van der Waals surface area (Å²) in [5.74, 6) is 0.185. The molecule has 0 atom stereocenters. The smallest absolute Gasteiger partial charge is 0.267 e. The van der Waals surface area contributed by atoms with Gasteiger partial charge in [0.2, 0.25) is 0 Å². The first kappa shape index (κ1) is 12.8. The molecule has 4 nitrogen and oxygen atoms in total. The Balaban J connectivity index is 2.55. The third-order valence-corrected chi connectivity index (χ3v) is 2.84. The predicted octanol–water partition coefficient (Wildman–Crippen LogP) is 2.45. The minimum Gasteiger partial charge on any atom is -0.267 e. The number of alkyl halides is 1. The van der Waals surface area contributed by atoms with Gasteiger partial charge < -0.3 is 0 Å². The highest BCUT2D eigenvalue weighted by molar-refractivity contribution is 6.17. The van der Waals surface area contributed by atoms with Gasteiger partial charge in [0, 0.05) is 18.3 Å². The van der Waals surface area contributed by atoms with Crippen LogP contribution in [0.3, 0.4) is 0 Å². The first-order chi connectivity index (χ1) is 8.76. The summed E-state index contributed by atoms with van der Waals surface area (Å²) in [4.78, 5) is 16.2. The van der Waals surface area contributed by atoms with E-state index >= 15 is 0 Å². The first-order valence-corrected chi connectivity index (χ1v) is 6.38. The second-order valence-corrected chi connectivity index (χ2v) is 4.20. The van der Waals surface area contributed by atoms with Gasteiger partial charge in [-0.2, -0.15) is 5.10 Å². The average molecular weight is 264 g/mol. The van der Waals surface area contributed by atoms with Crippen LogP contribution in [0.2, 0.25) is 0 Å². The lowest BCUT2D eigenvalue weighted by atomic mass is 10.2. The molecular formula is C13H14ClN3O. The Hall–Kier alpha value is -1.68. The second kappa shape index (κ2) is 5.78. The molecule has 18 heavy (non-hydrogen) atoms. The molecule has 0 radical (unpaired) electrons. The van der Waals surface area contributed by atoms with Gasteiger partial charge in [0.1, 0.15) is 5.69 Å². The number of hydrogen-bond acceptors (Lipinski definition) is 3. The summed E-state index contributed by atoms with van der Waals surface area (Å²) in [5.41, 5.74) is 1.86. The fourth-order valence-electron chi connectivity index (χ4n) is 1.70. The van der Waals surface area contributed by atoms with Gasteiger partial charge in [-0.1, -0.05) is 13.0 Å². The molecule has 0 spiro atoms. The van der Waals surface area contributed by atoms with E-state index < -0.39 is 0 Å². The monoisotopic (exact) mass is 263 g/mol. The molecule has 0 unspecified atom stereocenters. The van der Waals surface area contributed by atoms with E-state index in [4.69, 9.17) is 11.6 Å². The van der Waals surface area contributed by atoms with Crippen LogP contribution in [-0.4, -0.2) is 14.8 Å². The molecule has 2 heterocycles. The fourth-order valence-corrected chi connectivity index (χ4v) is 1.89. The summed E-state index contributed by atoms with van der Waals surface area (Å²) in [6, 6.07) is 7.30. The average Bonchev–Trinajstić information content (AvgIpc) is 2.42. The number of nitrogens with zero attached hydrogens (tertiary/aromatic N) is 3. The highest BCUT2D eigenvalue weighted by Crippen LogP contribution is 2.13. The summed E-state index contributed by atoms with van der Waals surface area (Å²) in [7, 11) is 0. The maximum atomic E-state index is 12.0. The van der Waals surface area contributed by atoms with E-state index in [-0.39, 0.29) is 11.4 Å². The van der Waals surface area contributed by atoms with E-state index in [0.717, 1.165) is 12.1 Å². The van der Waals surface area contributed by atoms with Crippen molar-refractivity contribution in [3.63, 3.8) is 0 Å². The lowest BCUT2D eigenvalue weighted by Crippen LogP contribution is -2.26. The number of hydrogen-bond donors (Lipinski definition) is 0.